The number of carbonyl (C=O) groups is 1. The highest BCUT2D eigenvalue weighted by atomic mass is 32.2. The largest absolute Gasteiger partial charge is 0.483 e. The van der Waals surface area contributed by atoms with Crippen LogP contribution in [0, 0.1) is 0 Å². The Kier molecular flexibility index (Phi) is 8.09. The number of thioether (sulfide) groups is 1. The van der Waals surface area contributed by atoms with Gasteiger partial charge in [-0.3, -0.25) is 4.79 Å². The van der Waals surface area contributed by atoms with Gasteiger partial charge in [0.15, 0.2) is 22.2 Å². The number of ether oxygens (including phenoxy) is 1. The second-order valence-electron chi connectivity index (χ2n) is 7.41. The standard InChI is InChI=1S/C22H29N5O2S2/c1-6-18(20(28)24-21-23-12-13-30-21)31-22-26-25-19(27(22)7-2)15(5)29-17-10-8-16(9-11-17)14(3)4/h8-15,18H,6-7H2,1-5H3,(H,23,24,28). The number of anilines is 1. The first-order valence-electron chi connectivity index (χ1n) is 10.5. The van der Waals surface area contributed by atoms with Crippen molar-refractivity contribution >= 4 is 34.1 Å². The minimum atomic E-state index is -0.286. The molecule has 31 heavy (non-hydrogen) atoms. The SMILES string of the molecule is CCC(Sc1nnc(C(C)Oc2ccc(C(C)C)cc2)n1CC)C(=O)Nc1nccs1. The van der Waals surface area contributed by atoms with E-state index in [-0.39, 0.29) is 17.3 Å². The van der Waals surface area contributed by atoms with Gasteiger partial charge in [0.25, 0.3) is 0 Å². The number of amides is 1. The summed E-state index contributed by atoms with van der Waals surface area (Å²) >= 11 is 2.82. The fraction of sp³-hybridized carbons (Fsp3) is 0.455. The molecule has 0 fully saturated rings. The first-order valence-corrected chi connectivity index (χ1v) is 12.3. The number of aromatic nitrogens is 4. The number of nitrogens with one attached hydrogen (secondary N) is 1. The third-order valence-electron chi connectivity index (χ3n) is 4.86. The van der Waals surface area contributed by atoms with E-state index in [9.17, 15) is 4.79 Å². The smallest absolute Gasteiger partial charge is 0.239 e. The van der Waals surface area contributed by atoms with Gasteiger partial charge in [-0.05, 0) is 43.9 Å². The van der Waals surface area contributed by atoms with Crippen molar-refractivity contribution in [3.05, 3.63) is 47.2 Å². The van der Waals surface area contributed by atoms with Gasteiger partial charge in [-0.15, -0.1) is 21.5 Å². The Morgan fingerprint density at radius 2 is 1.94 bits per heavy atom. The van der Waals surface area contributed by atoms with Crippen LogP contribution in [0.5, 0.6) is 5.75 Å². The van der Waals surface area contributed by atoms with Crippen LogP contribution < -0.4 is 10.1 Å². The van der Waals surface area contributed by atoms with Crippen LogP contribution >= 0.6 is 23.1 Å². The van der Waals surface area contributed by atoms with Crippen molar-refractivity contribution in [3.63, 3.8) is 0 Å². The summed E-state index contributed by atoms with van der Waals surface area (Å²) in [6.07, 6.45) is 2.07. The van der Waals surface area contributed by atoms with Crippen LogP contribution in [-0.2, 0) is 11.3 Å². The van der Waals surface area contributed by atoms with Crippen molar-refractivity contribution in [1.29, 1.82) is 0 Å². The summed E-state index contributed by atoms with van der Waals surface area (Å²) in [5, 5.41) is 14.5. The van der Waals surface area contributed by atoms with Crippen molar-refractivity contribution in [3.8, 4) is 5.75 Å². The summed E-state index contributed by atoms with van der Waals surface area (Å²) in [7, 11) is 0. The zero-order valence-electron chi connectivity index (χ0n) is 18.5. The molecule has 0 bridgehead atoms. The summed E-state index contributed by atoms with van der Waals surface area (Å²) in [5.74, 6) is 1.94. The summed E-state index contributed by atoms with van der Waals surface area (Å²) in [6.45, 7) is 11.0. The van der Waals surface area contributed by atoms with Crippen LogP contribution in [0.1, 0.15) is 64.4 Å². The minimum absolute atomic E-state index is 0.0795. The van der Waals surface area contributed by atoms with E-state index in [0.29, 0.717) is 29.2 Å². The highest BCUT2D eigenvalue weighted by Gasteiger charge is 2.25. The zero-order chi connectivity index (χ0) is 22.4. The lowest BCUT2D eigenvalue weighted by Gasteiger charge is -2.17. The fourth-order valence-corrected chi connectivity index (χ4v) is 4.65. The maximum Gasteiger partial charge on any atom is 0.239 e. The second kappa shape index (κ2) is 10.8. The third-order valence-corrected chi connectivity index (χ3v) is 6.89. The van der Waals surface area contributed by atoms with Gasteiger partial charge in [0.2, 0.25) is 5.91 Å². The van der Waals surface area contributed by atoms with E-state index >= 15 is 0 Å². The van der Waals surface area contributed by atoms with E-state index in [1.807, 2.05) is 42.9 Å². The molecule has 0 radical (unpaired) electrons. The molecule has 3 aromatic rings. The van der Waals surface area contributed by atoms with Gasteiger partial charge < -0.3 is 14.6 Å². The second-order valence-corrected chi connectivity index (χ2v) is 9.47. The van der Waals surface area contributed by atoms with Crippen LogP contribution in [0.4, 0.5) is 5.13 Å². The van der Waals surface area contributed by atoms with Crippen molar-refractivity contribution in [1.82, 2.24) is 19.7 Å². The van der Waals surface area contributed by atoms with Crippen LogP contribution in [0.3, 0.4) is 0 Å². The van der Waals surface area contributed by atoms with E-state index in [4.69, 9.17) is 4.74 Å². The summed E-state index contributed by atoms with van der Waals surface area (Å²) in [6, 6.07) is 8.16. The molecule has 1 N–H and O–H groups in total. The van der Waals surface area contributed by atoms with E-state index in [2.05, 4.69) is 46.5 Å². The lowest BCUT2D eigenvalue weighted by atomic mass is 10.0. The van der Waals surface area contributed by atoms with E-state index in [0.717, 1.165) is 11.6 Å². The third kappa shape index (κ3) is 5.86. The zero-order valence-corrected chi connectivity index (χ0v) is 20.2. The number of thiazole rings is 1. The van der Waals surface area contributed by atoms with E-state index in [1.54, 1.807) is 6.20 Å². The molecule has 2 aromatic heterocycles. The molecule has 0 aliphatic carbocycles. The molecule has 0 saturated carbocycles. The Hall–Kier alpha value is -2.39. The molecular formula is C22H29N5O2S2. The lowest BCUT2D eigenvalue weighted by Crippen LogP contribution is -2.25. The molecule has 0 spiro atoms. The average Bonchev–Trinajstić information content (AvgIpc) is 3.41. The molecule has 0 aliphatic heterocycles. The van der Waals surface area contributed by atoms with Crippen molar-refractivity contribution in [2.24, 2.45) is 0 Å². The monoisotopic (exact) mass is 459 g/mol. The topological polar surface area (TPSA) is 81.9 Å². The van der Waals surface area contributed by atoms with Crippen molar-refractivity contribution < 1.29 is 9.53 Å². The number of carbonyl (C=O) groups excluding carboxylic acids is 1. The van der Waals surface area contributed by atoms with Gasteiger partial charge in [0.1, 0.15) is 5.75 Å². The Labute approximate surface area is 191 Å². The molecule has 1 aromatic carbocycles. The molecule has 2 unspecified atom stereocenters. The maximum atomic E-state index is 12.7. The van der Waals surface area contributed by atoms with Gasteiger partial charge >= 0.3 is 0 Å². The van der Waals surface area contributed by atoms with Crippen LogP contribution in [0.2, 0.25) is 0 Å². The quantitative estimate of drug-likeness (QED) is 0.402. The van der Waals surface area contributed by atoms with Gasteiger partial charge in [-0.2, -0.15) is 0 Å². The summed E-state index contributed by atoms with van der Waals surface area (Å²) in [4.78, 5) is 16.8. The number of hydrogen-bond acceptors (Lipinski definition) is 7. The molecule has 2 heterocycles. The fourth-order valence-electron chi connectivity index (χ4n) is 3.09. The molecule has 1 amide bonds. The molecule has 166 valence electrons. The van der Waals surface area contributed by atoms with Crippen LogP contribution in [-0.4, -0.2) is 30.9 Å². The van der Waals surface area contributed by atoms with Crippen LogP contribution in [0.15, 0.2) is 41.0 Å². The Bertz CT molecular complexity index is 970. The van der Waals surface area contributed by atoms with Gasteiger partial charge in [-0.1, -0.05) is 44.7 Å². The number of nitrogens with zero attached hydrogens (tertiary/aromatic N) is 4. The van der Waals surface area contributed by atoms with Gasteiger partial charge in [0, 0.05) is 18.1 Å². The normalized spacial score (nSPS) is 13.2. The molecule has 2 atom stereocenters. The highest BCUT2D eigenvalue weighted by Crippen LogP contribution is 2.29. The van der Waals surface area contributed by atoms with E-state index < -0.39 is 0 Å². The minimum Gasteiger partial charge on any atom is -0.483 e. The van der Waals surface area contributed by atoms with E-state index in [1.165, 1.54) is 28.7 Å². The van der Waals surface area contributed by atoms with Gasteiger partial charge in [0.05, 0.1) is 5.25 Å². The van der Waals surface area contributed by atoms with Crippen molar-refractivity contribution in [2.45, 2.75) is 70.0 Å². The molecule has 9 heteroatoms. The average molecular weight is 460 g/mol. The molecular weight excluding hydrogens is 430 g/mol. The highest BCUT2D eigenvalue weighted by molar-refractivity contribution is 8.00. The Balaban J connectivity index is 1.70. The Morgan fingerprint density at radius 3 is 2.52 bits per heavy atom. The summed E-state index contributed by atoms with van der Waals surface area (Å²) in [5.41, 5.74) is 1.28. The van der Waals surface area contributed by atoms with Gasteiger partial charge in [-0.25, -0.2) is 4.98 Å². The first kappa shape index (κ1) is 23.3. The Morgan fingerprint density at radius 1 is 1.19 bits per heavy atom. The predicted octanol–water partition coefficient (Wildman–Crippen LogP) is 5.53. The molecule has 0 aliphatic rings. The molecule has 0 saturated heterocycles. The summed E-state index contributed by atoms with van der Waals surface area (Å²) < 4.78 is 8.13. The number of hydrogen-bond donors (Lipinski definition) is 1. The number of benzene rings is 1. The lowest BCUT2D eigenvalue weighted by molar-refractivity contribution is -0.115. The maximum absolute atomic E-state index is 12.7. The molecule has 7 nitrogen and oxygen atoms in total. The number of rotatable bonds is 10. The molecule has 3 rings (SSSR count). The first-order chi connectivity index (χ1) is 14.9. The van der Waals surface area contributed by atoms with Crippen LogP contribution in [0.25, 0.3) is 0 Å². The predicted molar refractivity (Wildman–Crippen MR) is 126 cm³/mol. The van der Waals surface area contributed by atoms with Crippen molar-refractivity contribution in [2.75, 3.05) is 5.32 Å².